The Morgan fingerprint density at radius 1 is 1.15 bits per heavy atom. The van der Waals surface area contributed by atoms with Crippen molar-refractivity contribution in [3.8, 4) is 16.9 Å². The van der Waals surface area contributed by atoms with E-state index in [4.69, 9.17) is 9.84 Å². The molecule has 0 saturated carbocycles. The van der Waals surface area contributed by atoms with Crippen molar-refractivity contribution in [1.82, 2.24) is 0 Å². The summed E-state index contributed by atoms with van der Waals surface area (Å²) >= 11 is 0. The third-order valence-electron chi connectivity index (χ3n) is 3.99. The first-order valence-corrected chi connectivity index (χ1v) is 9.22. The van der Waals surface area contributed by atoms with Crippen LogP contribution >= 0.6 is 0 Å². The summed E-state index contributed by atoms with van der Waals surface area (Å²) < 4.78 is 71.0. The predicted octanol–water partition coefficient (Wildman–Crippen LogP) is 3.36. The summed E-state index contributed by atoms with van der Waals surface area (Å²) in [7, 11) is -4.29. The zero-order valence-corrected chi connectivity index (χ0v) is 14.8. The second kappa shape index (κ2) is 6.45. The number of benzene rings is 2. The molecule has 2 aromatic carbocycles. The van der Waals surface area contributed by atoms with Gasteiger partial charge in [0.15, 0.2) is 0 Å². The Bertz CT molecular complexity index is 1020. The molecule has 2 aromatic rings. The van der Waals surface area contributed by atoms with Crippen LogP contribution in [0.4, 0.5) is 18.9 Å². The Labute approximate surface area is 152 Å². The second-order valence-electron chi connectivity index (χ2n) is 5.73. The van der Waals surface area contributed by atoms with E-state index in [1.807, 2.05) is 0 Å². The number of hydrogen-bond donors (Lipinski definition) is 1. The second-order valence-corrected chi connectivity index (χ2v) is 7.56. The summed E-state index contributed by atoms with van der Waals surface area (Å²) in [6, 6.07) is 6.51. The van der Waals surface area contributed by atoms with Gasteiger partial charge in [-0.25, -0.2) is 8.42 Å². The van der Waals surface area contributed by atoms with Gasteiger partial charge in [0.2, 0.25) is 0 Å². The molecule has 0 aromatic heterocycles. The van der Waals surface area contributed by atoms with Gasteiger partial charge >= 0.3 is 12.1 Å². The lowest BCUT2D eigenvalue weighted by molar-refractivity contribution is -0.137. The van der Waals surface area contributed by atoms with Crippen molar-refractivity contribution in [3.63, 3.8) is 0 Å². The smallest absolute Gasteiger partial charge is 0.416 e. The number of rotatable bonds is 4. The molecular weight excluding hydrogens is 387 g/mol. The summed E-state index contributed by atoms with van der Waals surface area (Å²) in [6.45, 7) is 1.03. The molecule has 6 nitrogen and oxygen atoms in total. The van der Waals surface area contributed by atoms with Crippen LogP contribution in [0.3, 0.4) is 0 Å². The molecule has 0 fully saturated rings. The standard InChI is InChI=1S/C17H14F3NO5S/c1-2-26-11-4-5-12-13-7-10(17(18,19)20)3-6-14(13)21(9-16(22)23)27(24,25)15(12)8-11/h3-8H,2,9H2,1H3,(H,22,23). The predicted molar refractivity (Wildman–Crippen MR) is 90.2 cm³/mol. The molecule has 1 aliphatic heterocycles. The molecular formula is C17H14F3NO5S. The summed E-state index contributed by atoms with van der Waals surface area (Å²) in [5.41, 5.74) is -1.04. The molecule has 27 heavy (non-hydrogen) atoms. The Morgan fingerprint density at radius 2 is 1.85 bits per heavy atom. The van der Waals surface area contributed by atoms with E-state index >= 15 is 0 Å². The average Bonchev–Trinajstić information content (AvgIpc) is 2.57. The van der Waals surface area contributed by atoms with Gasteiger partial charge in [-0.2, -0.15) is 13.2 Å². The number of halogens is 3. The number of nitrogens with zero attached hydrogens (tertiary/aromatic N) is 1. The number of sulfonamides is 1. The molecule has 0 atom stereocenters. The van der Waals surface area contributed by atoms with Gasteiger partial charge in [0.25, 0.3) is 10.0 Å². The van der Waals surface area contributed by atoms with Gasteiger partial charge in [-0.3, -0.25) is 9.10 Å². The van der Waals surface area contributed by atoms with E-state index < -0.39 is 34.3 Å². The normalized spacial score (nSPS) is 15.0. The summed E-state index contributed by atoms with van der Waals surface area (Å²) in [5.74, 6) is -1.22. The van der Waals surface area contributed by atoms with E-state index in [-0.39, 0.29) is 34.1 Å². The molecule has 10 heteroatoms. The lowest BCUT2D eigenvalue weighted by Gasteiger charge is -2.31. The minimum Gasteiger partial charge on any atom is -0.494 e. The van der Waals surface area contributed by atoms with Crippen LogP contribution in [-0.4, -0.2) is 32.6 Å². The number of hydrogen-bond acceptors (Lipinski definition) is 4. The highest BCUT2D eigenvalue weighted by Crippen LogP contribution is 2.46. The Morgan fingerprint density at radius 3 is 2.44 bits per heavy atom. The lowest BCUT2D eigenvalue weighted by Crippen LogP contribution is -2.38. The van der Waals surface area contributed by atoms with Crippen molar-refractivity contribution in [2.45, 2.75) is 18.0 Å². The summed E-state index contributed by atoms with van der Waals surface area (Å²) in [5, 5.41) is 9.08. The Hall–Kier alpha value is -2.75. The van der Waals surface area contributed by atoms with Gasteiger partial charge in [0.1, 0.15) is 12.3 Å². The maximum absolute atomic E-state index is 13.1. The number of carbonyl (C=O) groups is 1. The molecule has 0 aliphatic carbocycles. The van der Waals surface area contributed by atoms with Crippen LogP contribution in [0.15, 0.2) is 41.3 Å². The van der Waals surface area contributed by atoms with Crippen molar-refractivity contribution in [1.29, 1.82) is 0 Å². The number of ether oxygens (including phenoxy) is 1. The number of carboxylic acids is 1. The topological polar surface area (TPSA) is 83.9 Å². The maximum atomic E-state index is 13.1. The molecule has 0 bridgehead atoms. The Kier molecular flexibility index (Phi) is 4.54. The molecule has 144 valence electrons. The van der Waals surface area contributed by atoms with Crippen LogP contribution in [0.1, 0.15) is 12.5 Å². The van der Waals surface area contributed by atoms with E-state index in [1.165, 1.54) is 18.2 Å². The van der Waals surface area contributed by atoms with Gasteiger partial charge in [-0.05, 0) is 37.3 Å². The van der Waals surface area contributed by atoms with Crippen molar-refractivity contribution < 1.29 is 36.2 Å². The molecule has 0 spiro atoms. The van der Waals surface area contributed by atoms with Crippen LogP contribution in [0.2, 0.25) is 0 Å². The highest BCUT2D eigenvalue weighted by molar-refractivity contribution is 7.93. The summed E-state index contributed by atoms with van der Waals surface area (Å²) in [6.07, 6.45) is -4.63. The van der Waals surface area contributed by atoms with Gasteiger partial charge in [0.05, 0.1) is 22.8 Å². The number of alkyl halides is 3. The van der Waals surface area contributed by atoms with E-state index in [1.54, 1.807) is 6.92 Å². The number of anilines is 1. The molecule has 0 amide bonds. The average molecular weight is 401 g/mol. The first-order valence-electron chi connectivity index (χ1n) is 7.78. The largest absolute Gasteiger partial charge is 0.494 e. The molecule has 1 heterocycles. The quantitative estimate of drug-likeness (QED) is 0.849. The molecule has 0 radical (unpaired) electrons. The summed E-state index contributed by atoms with van der Waals surface area (Å²) in [4.78, 5) is 10.9. The minimum absolute atomic E-state index is 0.0149. The molecule has 0 saturated heterocycles. The third-order valence-corrected chi connectivity index (χ3v) is 5.79. The van der Waals surface area contributed by atoms with Gasteiger partial charge < -0.3 is 9.84 Å². The first-order chi connectivity index (χ1) is 12.6. The zero-order chi connectivity index (χ0) is 20.0. The zero-order valence-electron chi connectivity index (χ0n) is 13.9. The molecule has 1 aliphatic rings. The third kappa shape index (κ3) is 3.32. The van der Waals surface area contributed by atoms with E-state index in [9.17, 15) is 26.4 Å². The van der Waals surface area contributed by atoms with Crippen LogP contribution in [-0.2, 0) is 21.0 Å². The SMILES string of the molecule is CCOc1ccc2c(c1)S(=O)(=O)N(CC(=O)O)c1ccc(C(F)(F)F)cc1-2. The highest BCUT2D eigenvalue weighted by atomic mass is 32.2. The monoisotopic (exact) mass is 401 g/mol. The molecule has 1 N–H and O–H groups in total. The van der Waals surface area contributed by atoms with Crippen LogP contribution in [0.5, 0.6) is 5.75 Å². The van der Waals surface area contributed by atoms with Crippen molar-refractivity contribution in [2.24, 2.45) is 0 Å². The lowest BCUT2D eigenvalue weighted by atomic mass is 10.00. The fraction of sp³-hybridized carbons (Fsp3) is 0.235. The minimum atomic E-state index is -4.63. The van der Waals surface area contributed by atoms with Crippen LogP contribution in [0, 0.1) is 0 Å². The van der Waals surface area contributed by atoms with Crippen molar-refractivity contribution in [3.05, 3.63) is 42.0 Å². The number of aliphatic carboxylic acids is 1. The van der Waals surface area contributed by atoms with Gasteiger partial charge in [-0.15, -0.1) is 0 Å². The molecule has 3 rings (SSSR count). The van der Waals surface area contributed by atoms with E-state index in [0.29, 0.717) is 4.31 Å². The van der Waals surface area contributed by atoms with Gasteiger partial charge in [0, 0.05) is 17.2 Å². The number of carboxylic acid groups (broad SMARTS) is 1. The van der Waals surface area contributed by atoms with Crippen LogP contribution < -0.4 is 9.04 Å². The fourth-order valence-corrected chi connectivity index (χ4v) is 4.54. The van der Waals surface area contributed by atoms with E-state index in [2.05, 4.69) is 0 Å². The van der Waals surface area contributed by atoms with Crippen LogP contribution in [0.25, 0.3) is 11.1 Å². The maximum Gasteiger partial charge on any atom is 0.416 e. The Balaban J connectivity index is 2.31. The fourth-order valence-electron chi connectivity index (χ4n) is 2.88. The first kappa shape index (κ1) is 19.0. The number of fused-ring (bicyclic) bond motifs is 3. The van der Waals surface area contributed by atoms with Crippen molar-refractivity contribution in [2.75, 3.05) is 17.5 Å². The van der Waals surface area contributed by atoms with Crippen molar-refractivity contribution >= 4 is 21.7 Å². The van der Waals surface area contributed by atoms with Gasteiger partial charge in [-0.1, -0.05) is 0 Å². The molecule has 0 unspecified atom stereocenters. The van der Waals surface area contributed by atoms with E-state index in [0.717, 1.165) is 18.2 Å². The highest BCUT2D eigenvalue weighted by Gasteiger charge is 2.39.